The highest BCUT2D eigenvalue weighted by Crippen LogP contribution is 2.24. The Balaban J connectivity index is 2.71. The van der Waals surface area contributed by atoms with Crippen LogP contribution in [0, 0.1) is 6.92 Å². The molecule has 0 aliphatic rings. The molecule has 0 bridgehead atoms. The fraction of sp³-hybridized carbons (Fsp3) is 0.533. The number of ether oxygens (including phenoxy) is 1. The Hall–Kier alpha value is -1.92. The molecule has 7 heteroatoms. The van der Waals surface area contributed by atoms with Crippen molar-refractivity contribution >= 4 is 5.96 Å². The van der Waals surface area contributed by atoms with Crippen LogP contribution in [0.5, 0.6) is 5.75 Å². The third-order valence-electron chi connectivity index (χ3n) is 2.87. The Morgan fingerprint density at radius 3 is 2.73 bits per heavy atom. The zero-order valence-electron chi connectivity index (χ0n) is 12.8. The maximum atomic E-state index is 12.3. The van der Waals surface area contributed by atoms with Crippen LogP contribution in [-0.4, -0.2) is 25.3 Å². The number of benzene rings is 1. The molecule has 0 aliphatic carbocycles. The lowest BCUT2D eigenvalue weighted by atomic mass is 10.1. The number of hydrogen-bond acceptors (Lipinski definition) is 2. The Morgan fingerprint density at radius 2 is 2.09 bits per heavy atom. The molecule has 1 aromatic carbocycles. The number of aryl methyl sites for hydroxylation is 1. The zero-order valence-corrected chi connectivity index (χ0v) is 12.8. The molecule has 0 aromatic heterocycles. The number of halogens is 3. The van der Waals surface area contributed by atoms with Crippen LogP contribution < -0.4 is 15.8 Å². The van der Waals surface area contributed by atoms with Gasteiger partial charge in [-0.05, 0) is 25.0 Å². The first-order valence-electron chi connectivity index (χ1n) is 7.14. The Kier molecular flexibility index (Phi) is 7.01. The maximum Gasteiger partial charge on any atom is 0.422 e. The molecule has 0 saturated carbocycles. The van der Waals surface area contributed by atoms with Gasteiger partial charge in [0.05, 0.1) is 6.54 Å². The molecule has 124 valence electrons. The maximum absolute atomic E-state index is 12.3. The van der Waals surface area contributed by atoms with Crippen molar-refractivity contribution in [3.8, 4) is 5.75 Å². The standard InChI is InChI=1S/C15H22F3N3O/c1-3-4-7-20-14(19)21-9-12-6-5-11(2)8-13(12)22-10-15(16,17)18/h5-6,8H,3-4,7,9-10H2,1-2H3,(H3,19,20,21). The second-order valence-electron chi connectivity index (χ2n) is 5.00. The number of unbranched alkanes of at least 4 members (excludes halogenated alkanes) is 1. The Bertz CT molecular complexity index is 501. The van der Waals surface area contributed by atoms with Crippen molar-refractivity contribution < 1.29 is 17.9 Å². The van der Waals surface area contributed by atoms with E-state index in [0.717, 1.165) is 24.9 Å². The van der Waals surface area contributed by atoms with Gasteiger partial charge in [-0.3, -0.25) is 0 Å². The quantitative estimate of drug-likeness (QED) is 0.461. The summed E-state index contributed by atoms with van der Waals surface area (Å²) < 4.78 is 41.7. The van der Waals surface area contributed by atoms with Gasteiger partial charge in [-0.15, -0.1) is 0 Å². The highest BCUT2D eigenvalue weighted by Gasteiger charge is 2.28. The summed E-state index contributed by atoms with van der Waals surface area (Å²) in [6.45, 7) is 3.41. The molecule has 0 fully saturated rings. The van der Waals surface area contributed by atoms with Crippen LogP contribution in [0.15, 0.2) is 23.2 Å². The summed E-state index contributed by atoms with van der Waals surface area (Å²) in [6.07, 6.45) is -2.36. The lowest BCUT2D eigenvalue weighted by Gasteiger charge is -2.13. The number of nitrogens with two attached hydrogens (primary N) is 1. The van der Waals surface area contributed by atoms with Gasteiger partial charge >= 0.3 is 6.18 Å². The number of nitrogens with one attached hydrogen (secondary N) is 1. The molecule has 1 rings (SSSR count). The monoisotopic (exact) mass is 317 g/mol. The van der Waals surface area contributed by atoms with Crippen LogP contribution in [-0.2, 0) is 6.54 Å². The average Bonchev–Trinajstić information content (AvgIpc) is 2.43. The summed E-state index contributed by atoms with van der Waals surface area (Å²) in [6, 6.07) is 5.06. The van der Waals surface area contributed by atoms with Crippen LogP contribution in [0.4, 0.5) is 13.2 Å². The summed E-state index contributed by atoms with van der Waals surface area (Å²) in [7, 11) is 0. The van der Waals surface area contributed by atoms with E-state index in [4.69, 9.17) is 10.5 Å². The van der Waals surface area contributed by atoms with Gasteiger partial charge in [-0.2, -0.15) is 13.2 Å². The van der Waals surface area contributed by atoms with E-state index >= 15 is 0 Å². The van der Waals surface area contributed by atoms with Crippen LogP contribution in [0.25, 0.3) is 0 Å². The lowest BCUT2D eigenvalue weighted by Crippen LogP contribution is -2.32. The average molecular weight is 317 g/mol. The number of rotatable bonds is 7. The van der Waals surface area contributed by atoms with E-state index in [-0.39, 0.29) is 18.3 Å². The Labute approximate surface area is 128 Å². The molecule has 0 unspecified atom stereocenters. The van der Waals surface area contributed by atoms with Gasteiger partial charge in [-0.25, -0.2) is 4.99 Å². The fourth-order valence-electron chi connectivity index (χ4n) is 1.71. The van der Waals surface area contributed by atoms with Crippen molar-refractivity contribution in [2.45, 2.75) is 39.4 Å². The third-order valence-corrected chi connectivity index (χ3v) is 2.87. The Morgan fingerprint density at radius 1 is 1.36 bits per heavy atom. The van der Waals surface area contributed by atoms with Crippen molar-refractivity contribution in [2.75, 3.05) is 13.2 Å². The van der Waals surface area contributed by atoms with Crippen LogP contribution in [0.3, 0.4) is 0 Å². The lowest BCUT2D eigenvalue weighted by molar-refractivity contribution is -0.153. The van der Waals surface area contributed by atoms with Gasteiger partial charge < -0.3 is 15.8 Å². The number of hydrogen-bond donors (Lipinski definition) is 2. The number of nitrogens with zero attached hydrogens (tertiary/aromatic N) is 1. The number of guanidine groups is 1. The van der Waals surface area contributed by atoms with Gasteiger partial charge in [0.1, 0.15) is 5.75 Å². The molecule has 1 aromatic rings. The van der Waals surface area contributed by atoms with Crippen molar-refractivity contribution in [1.82, 2.24) is 5.32 Å². The molecule has 22 heavy (non-hydrogen) atoms. The summed E-state index contributed by atoms with van der Waals surface area (Å²) in [5.74, 6) is 0.457. The van der Waals surface area contributed by atoms with Crippen LogP contribution in [0.2, 0.25) is 0 Å². The second-order valence-corrected chi connectivity index (χ2v) is 5.00. The molecule has 0 heterocycles. The van der Waals surface area contributed by atoms with Crippen molar-refractivity contribution in [2.24, 2.45) is 10.7 Å². The largest absolute Gasteiger partial charge is 0.484 e. The zero-order chi connectivity index (χ0) is 16.6. The molecular weight excluding hydrogens is 295 g/mol. The summed E-state index contributed by atoms with van der Waals surface area (Å²) in [5.41, 5.74) is 7.09. The first-order valence-corrected chi connectivity index (χ1v) is 7.14. The smallest absolute Gasteiger partial charge is 0.422 e. The van der Waals surface area contributed by atoms with E-state index in [1.807, 2.05) is 0 Å². The SMILES string of the molecule is CCCCNC(N)=NCc1ccc(C)cc1OCC(F)(F)F. The van der Waals surface area contributed by atoms with Gasteiger partial charge in [-0.1, -0.05) is 25.5 Å². The molecule has 0 radical (unpaired) electrons. The third kappa shape index (κ3) is 7.19. The van der Waals surface area contributed by atoms with Crippen LogP contribution >= 0.6 is 0 Å². The van der Waals surface area contributed by atoms with Crippen molar-refractivity contribution in [3.63, 3.8) is 0 Å². The highest BCUT2D eigenvalue weighted by atomic mass is 19.4. The van der Waals surface area contributed by atoms with Gasteiger partial charge in [0.2, 0.25) is 0 Å². The van der Waals surface area contributed by atoms with Gasteiger partial charge in [0.25, 0.3) is 0 Å². The van der Waals surface area contributed by atoms with E-state index in [2.05, 4.69) is 17.2 Å². The molecule has 0 spiro atoms. The molecule has 4 nitrogen and oxygen atoms in total. The minimum Gasteiger partial charge on any atom is -0.484 e. The molecule has 0 amide bonds. The molecular formula is C15H22F3N3O. The van der Waals surface area contributed by atoms with Gasteiger partial charge in [0.15, 0.2) is 12.6 Å². The molecule has 3 N–H and O–H groups in total. The summed E-state index contributed by atoms with van der Waals surface area (Å²) >= 11 is 0. The van der Waals surface area contributed by atoms with E-state index in [0.29, 0.717) is 5.56 Å². The number of aliphatic imine (C=N–C) groups is 1. The van der Waals surface area contributed by atoms with Crippen molar-refractivity contribution in [1.29, 1.82) is 0 Å². The van der Waals surface area contributed by atoms with Crippen LogP contribution in [0.1, 0.15) is 30.9 Å². The van der Waals surface area contributed by atoms with Crippen molar-refractivity contribution in [3.05, 3.63) is 29.3 Å². The highest BCUT2D eigenvalue weighted by molar-refractivity contribution is 5.77. The summed E-state index contributed by atoms with van der Waals surface area (Å²) in [4.78, 5) is 4.12. The topological polar surface area (TPSA) is 59.6 Å². The minimum atomic E-state index is -4.37. The molecule has 0 atom stereocenters. The predicted molar refractivity (Wildman–Crippen MR) is 81.0 cm³/mol. The van der Waals surface area contributed by atoms with E-state index in [1.54, 1.807) is 25.1 Å². The molecule has 0 aliphatic heterocycles. The molecule has 0 saturated heterocycles. The normalized spacial score (nSPS) is 12.3. The van der Waals surface area contributed by atoms with E-state index < -0.39 is 12.8 Å². The minimum absolute atomic E-state index is 0.165. The number of alkyl halides is 3. The first-order chi connectivity index (χ1) is 10.3. The van der Waals surface area contributed by atoms with E-state index in [9.17, 15) is 13.2 Å². The van der Waals surface area contributed by atoms with E-state index in [1.165, 1.54) is 0 Å². The second kappa shape index (κ2) is 8.51. The van der Waals surface area contributed by atoms with Gasteiger partial charge in [0, 0.05) is 12.1 Å². The summed E-state index contributed by atoms with van der Waals surface area (Å²) in [5, 5.41) is 2.95. The first kappa shape index (κ1) is 18.1. The predicted octanol–water partition coefficient (Wildman–Crippen LogP) is 3.14. The fourth-order valence-corrected chi connectivity index (χ4v) is 1.71.